The summed E-state index contributed by atoms with van der Waals surface area (Å²) in [4.78, 5) is 4.36. The fraction of sp³-hybridized carbons (Fsp3) is 0.227. The van der Waals surface area contributed by atoms with Crippen molar-refractivity contribution in [3.63, 3.8) is 0 Å². The number of fused-ring (bicyclic) bond motifs is 1. The predicted molar refractivity (Wildman–Crippen MR) is 118 cm³/mol. The molecule has 0 aliphatic carbocycles. The van der Waals surface area contributed by atoms with Crippen LogP contribution in [-0.2, 0) is 10.0 Å². The highest BCUT2D eigenvalue weighted by molar-refractivity contribution is 7.89. The topological polar surface area (TPSA) is 88.3 Å². The highest BCUT2D eigenvalue weighted by Crippen LogP contribution is 2.24. The summed E-state index contributed by atoms with van der Waals surface area (Å²) in [6.07, 6.45) is 7.33. The molecule has 2 aromatic carbocycles. The Morgan fingerprint density at radius 1 is 1.03 bits per heavy atom. The monoisotopic (exact) mass is 410 g/mol. The molecule has 3 rings (SSSR count). The lowest BCUT2D eigenvalue weighted by Gasteiger charge is -2.22. The van der Waals surface area contributed by atoms with Crippen molar-refractivity contribution in [1.82, 2.24) is 14.6 Å². The molecule has 0 saturated heterocycles. The number of nitrogens with zero attached hydrogens (tertiary/aromatic N) is 2. The Labute approximate surface area is 172 Å². The molecule has 6 nitrogen and oxygen atoms in total. The second-order valence-electron chi connectivity index (χ2n) is 6.56. The standard InChI is InChI=1S/C22H26N4O2S/c23-12-16-26(17-15-24-13-5-8-19-6-2-1-3-7-19)29(27,28)22-10-4-9-20-18-25-14-11-21(20)22/h1-11,14,18,24H,12-13,15-17,23H2. The van der Waals surface area contributed by atoms with Crippen LogP contribution in [0.15, 0.2) is 78.0 Å². The van der Waals surface area contributed by atoms with Crippen LogP contribution in [0, 0.1) is 0 Å². The van der Waals surface area contributed by atoms with Crippen LogP contribution in [0.5, 0.6) is 0 Å². The van der Waals surface area contributed by atoms with Gasteiger partial charge in [-0.25, -0.2) is 8.42 Å². The number of aromatic nitrogens is 1. The average molecular weight is 411 g/mol. The fourth-order valence-corrected chi connectivity index (χ4v) is 4.77. The Balaban J connectivity index is 1.64. The number of rotatable bonds is 10. The molecule has 1 heterocycles. The number of hydrogen-bond acceptors (Lipinski definition) is 5. The average Bonchev–Trinajstić information content (AvgIpc) is 2.75. The van der Waals surface area contributed by atoms with Gasteiger partial charge in [-0.05, 0) is 17.7 Å². The van der Waals surface area contributed by atoms with E-state index in [2.05, 4.69) is 10.3 Å². The van der Waals surface area contributed by atoms with Crippen molar-refractivity contribution in [1.29, 1.82) is 0 Å². The van der Waals surface area contributed by atoms with Crippen molar-refractivity contribution in [2.24, 2.45) is 5.73 Å². The van der Waals surface area contributed by atoms with E-state index in [1.165, 1.54) is 4.31 Å². The van der Waals surface area contributed by atoms with Gasteiger partial charge >= 0.3 is 0 Å². The number of pyridine rings is 1. The summed E-state index contributed by atoms with van der Waals surface area (Å²) in [6.45, 7) is 2.07. The second kappa shape index (κ2) is 10.3. The van der Waals surface area contributed by atoms with Gasteiger partial charge in [0.2, 0.25) is 10.0 Å². The molecule has 0 atom stereocenters. The first-order valence-electron chi connectivity index (χ1n) is 9.58. The van der Waals surface area contributed by atoms with E-state index in [-0.39, 0.29) is 18.0 Å². The molecular weight excluding hydrogens is 384 g/mol. The van der Waals surface area contributed by atoms with Gasteiger partial charge < -0.3 is 11.1 Å². The molecule has 0 aliphatic heterocycles. The zero-order valence-electron chi connectivity index (χ0n) is 16.2. The predicted octanol–water partition coefficient (Wildman–Crippen LogP) is 2.49. The van der Waals surface area contributed by atoms with E-state index >= 15 is 0 Å². The van der Waals surface area contributed by atoms with Gasteiger partial charge in [0.15, 0.2) is 0 Å². The molecule has 152 valence electrons. The summed E-state index contributed by atoms with van der Waals surface area (Å²) in [6, 6.07) is 17.0. The van der Waals surface area contributed by atoms with Gasteiger partial charge in [0.1, 0.15) is 0 Å². The minimum atomic E-state index is -3.66. The maximum absolute atomic E-state index is 13.2. The third kappa shape index (κ3) is 5.48. The van der Waals surface area contributed by atoms with E-state index < -0.39 is 10.0 Å². The highest BCUT2D eigenvalue weighted by Gasteiger charge is 2.25. The molecule has 0 bridgehead atoms. The highest BCUT2D eigenvalue weighted by atomic mass is 32.2. The quantitative estimate of drug-likeness (QED) is 0.502. The van der Waals surface area contributed by atoms with E-state index in [4.69, 9.17) is 5.73 Å². The summed E-state index contributed by atoms with van der Waals surface area (Å²) < 4.78 is 27.9. The number of nitrogens with one attached hydrogen (secondary N) is 1. The van der Waals surface area contributed by atoms with Crippen molar-refractivity contribution >= 4 is 26.9 Å². The Morgan fingerprint density at radius 3 is 2.66 bits per heavy atom. The summed E-state index contributed by atoms with van der Waals surface area (Å²) in [7, 11) is -3.66. The van der Waals surface area contributed by atoms with Crippen LogP contribution in [0.25, 0.3) is 16.8 Å². The van der Waals surface area contributed by atoms with Gasteiger partial charge in [0, 0.05) is 55.9 Å². The summed E-state index contributed by atoms with van der Waals surface area (Å²) in [5.41, 5.74) is 6.82. The molecule has 3 N–H and O–H groups in total. The first kappa shape index (κ1) is 21.1. The molecule has 0 amide bonds. The van der Waals surface area contributed by atoms with Crippen molar-refractivity contribution in [2.45, 2.75) is 4.90 Å². The molecule has 0 unspecified atom stereocenters. The van der Waals surface area contributed by atoms with Crippen LogP contribution in [0.3, 0.4) is 0 Å². The summed E-state index contributed by atoms with van der Waals surface area (Å²) in [5.74, 6) is 0. The lowest BCUT2D eigenvalue weighted by atomic mass is 10.2. The van der Waals surface area contributed by atoms with Crippen LogP contribution in [0.1, 0.15) is 5.56 Å². The normalized spacial score (nSPS) is 12.2. The van der Waals surface area contributed by atoms with Gasteiger partial charge in [0.05, 0.1) is 4.90 Å². The van der Waals surface area contributed by atoms with Crippen LogP contribution >= 0.6 is 0 Å². The first-order valence-corrected chi connectivity index (χ1v) is 11.0. The smallest absolute Gasteiger partial charge is 0.243 e. The molecule has 1 aromatic heterocycles. The first-order chi connectivity index (χ1) is 14.1. The van der Waals surface area contributed by atoms with Crippen LogP contribution in [0.4, 0.5) is 0 Å². The van der Waals surface area contributed by atoms with Gasteiger partial charge in [-0.15, -0.1) is 0 Å². The fourth-order valence-electron chi connectivity index (χ4n) is 3.10. The Morgan fingerprint density at radius 2 is 1.86 bits per heavy atom. The van der Waals surface area contributed by atoms with Crippen molar-refractivity contribution in [3.05, 3.63) is 78.6 Å². The van der Waals surface area contributed by atoms with E-state index in [0.717, 1.165) is 10.9 Å². The van der Waals surface area contributed by atoms with E-state index in [1.807, 2.05) is 48.6 Å². The zero-order chi connectivity index (χ0) is 20.5. The lowest BCUT2D eigenvalue weighted by Crippen LogP contribution is -2.40. The molecule has 29 heavy (non-hydrogen) atoms. The molecule has 0 radical (unpaired) electrons. The Bertz CT molecular complexity index is 1050. The van der Waals surface area contributed by atoms with Crippen molar-refractivity contribution in [3.8, 4) is 0 Å². The number of benzene rings is 2. The molecule has 3 aromatic rings. The van der Waals surface area contributed by atoms with Gasteiger partial charge in [-0.2, -0.15) is 4.31 Å². The molecule has 0 spiro atoms. The SMILES string of the molecule is NCCN(CCNCC=Cc1ccccc1)S(=O)(=O)c1cccc2cnccc12. The van der Waals surface area contributed by atoms with E-state index in [0.29, 0.717) is 25.0 Å². The Hall–Kier alpha value is -2.58. The third-order valence-electron chi connectivity index (χ3n) is 4.55. The van der Waals surface area contributed by atoms with Gasteiger partial charge in [-0.1, -0.05) is 54.6 Å². The van der Waals surface area contributed by atoms with E-state index in [1.54, 1.807) is 30.6 Å². The third-order valence-corrected chi connectivity index (χ3v) is 6.50. The van der Waals surface area contributed by atoms with Crippen LogP contribution < -0.4 is 11.1 Å². The number of nitrogens with two attached hydrogens (primary N) is 1. The van der Waals surface area contributed by atoms with Gasteiger partial charge in [-0.3, -0.25) is 4.98 Å². The number of sulfonamides is 1. The largest absolute Gasteiger partial charge is 0.329 e. The van der Waals surface area contributed by atoms with Crippen molar-refractivity contribution in [2.75, 3.05) is 32.7 Å². The summed E-state index contributed by atoms with van der Waals surface area (Å²) in [5, 5.41) is 4.73. The maximum atomic E-state index is 13.2. The zero-order valence-corrected chi connectivity index (χ0v) is 17.1. The van der Waals surface area contributed by atoms with Crippen molar-refractivity contribution < 1.29 is 8.42 Å². The molecule has 0 fully saturated rings. The maximum Gasteiger partial charge on any atom is 0.243 e. The minimum Gasteiger partial charge on any atom is -0.329 e. The lowest BCUT2D eigenvalue weighted by molar-refractivity contribution is 0.415. The molecule has 7 heteroatoms. The van der Waals surface area contributed by atoms with Crippen LogP contribution in [0.2, 0.25) is 0 Å². The van der Waals surface area contributed by atoms with E-state index in [9.17, 15) is 8.42 Å². The van der Waals surface area contributed by atoms with Crippen LogP contribution in [-0.4, -0.2) is 50.4 Å². The van der Waals surface area contributed by atoms with Gasteiger partial charge in [0.25, 0.3) is 0 Å². The number of hydrogen-bond donors (Lipinski definition) is 2. The summed E-state index contributed by atoms with van der Waals surface area (Å²) >= 11 is 0. The second-order valence-corrected chi connectivity index (χ2v) is 8.47. The Kier molecular flexibility index (Phi) is 7.48. The molecular formula is C22H26N4O2S. The minimum absolute atomic E-state index is 0.263. The molecule has 0 saturated carbocycles. The molecule has 0 aliphatic rings.